The Morgan fingerprint density at radius 2 is 2.12 bits per heavy atom. The summed E-state index contributed by atoms with van der Waals surface area (Å²) in [6, 6.07) is 0. The van der Waals surface area contributed by atoms with Crippen LogP contribution < -0.4 is 0 Å². The van der Waals surface area contributed by atoms with Gasteiger partial charge in [-0.1, -0.05) is 6.58 Å². The van der Waals surface area contributed by atoms with Gasteiger partial charge in [-0.3, -0.25) is 0 Å². The van der Waals surface area contributed by atoms with E-state index in [2.05, 4.69) is 11.3 Å². The molecule has 2 unspecified atom stereocenters. The Kier molecular flexibility index (Phi) is 5.66. The van der Waals surface area contributed by atoms with E-state index in [1.807, 2.05) is 0 Å². The molecule has 0 aromatic carbocycles. The largest absolute Gasteiger partial charge is 0.462 e. The van der Waals surface area contributed by atoms with Gasteiger partial charge in [-0.25, -0.2) is 13.4 Å². The smallest absolute Gasteiger partial charge is 0.375 e. The van der Waals surface area contributed by atoms with Crippen molar-refractivity contribution in [2.45, 2.75) is 24.8 Å². The molecular formula is C8H11F3O4S. The maximum Gasteiger partial charge on any atom is 0.375 e. The van der Waals surface area contributed by atoms with Gasteiger partial charge >= 0.3 is 11.2 Å². The Labute approximate surface area is 92.8 Å². The van der Waals surface area contributed by atoms with Crippen molar-refractivity contribution in [3.05, 3.63) is 12.2 Å². The maximum absolute atomic E-state index is 12.8. The number of esters is 1. The highest BCUT2D eigenvalue weighted by Gasteiger charge is 2.46. The van der Waals surface area contributed by atoms with Crippen LogP contribution in [0.2, 0.25) is 0 Å². The Morgan fingerprint density at radius 1 is 1.62 bits per heavy atom. The highest BCUT2D eigenvalue weighted by atomic mass is 32.2. The first-order chi connectivity index (χ1) is 7.19. The van der Waals surface area contributed by atoms with Crippen LogP contribution in [0.1, 0.15) is 13.3 Å². The molecule has 94 valence electrons. The number of alkyl halides is 3. The van der Waals surface area contributed by atoms with Gasteiger partial charge in [0.2, 0.25) is 11.1 Å². The molecule has 0 rings (SSSR count). The standard InChI is InChI=1S/C8H11F3O4S/c1-5(2)7(12)15-4-3-6(9)8(10,11)16(13)14/h6H,1,3-4H2,2H3,(H,13,14). The SMILES string of the molecule is C=C(C)C(=O)OCCC(F)C(F)(F)S(=O)O. The lowest BCUT2D eigenvalue weighted by Crippen LogP contribution is -2.35. The number of hydrogen-bond acceptors (Lipinski definition) is 3. The molecule has 0 aliphatic heterocycles. The third-order valence-electron chi connectivity index (χ3n) is 1.55. The molecule has 0 spiro atoms. The van der Waals surface area contributed by atoms with Gasteiger partial charge in [-0.05, 0) is 6.92 Å². The van der Waals surface area contributed by atoms with E-state index in [0.717, 1.165) is 0 Å². The summed E-state index contributed by atoms with van der Waals surface area (Å²) in [5, 5.41) is -4.37. The average Bonchev–Trinajstić information content (AvgIpc) is 2.16. The van der Waals surface area contributed by atoms with Gasteiger partial charge in [0, 0.05) is 12.0 Å². The molecule has 0 radical (unpaired) electrons. The normalized spacial score (nSPS) is 15.3. The van der Waals surface area contributed by atoms with Gasteiger partial charge in [0.1, 0.15) is 0 Å². The summed E-state index contributed by atoms with van der Waals surface area (Å²) >= 11 is -3.60. The number of carbonyl (C=O) groups is 1. The molecule has 0 aromatic rings. The Bertz CT molecular complexity index is 306. The number of hydrogen-bond donors (Lipinski definition) is 1. The number of carbonyl (C=O) groups excluding carboxylic acids is 1. The van der Waals surface area contributed by atoms with Gasteiger partial charge in [0.15, 0.2) is 6.17 Å². The minimum absolute atomic E-state index is 0.0490. The van der Waals surface area contributed by atoms with Crippen molar-refractivity contribution in [2.24, 2.45) is 0 Å². The Morgan fingerprint density at radius 3 is 2.50 bits per heavy atom. The van der Waals surface area contributed by atoms with Crippen LogP contribution >= 0.6 is 0 Å². The van der Waals surface area contributed by atoms with Crippen LogP contribution in [0.3, 0.4) is 0 Å². The molecule has 16 heavy (non-hydrogen) atoms. The van der Waals surface area contributed by atoms with Crippen molar-refractivity contribution in [1.29, 1.82) is 0 Å². The summed E-state index contributed by atoms with van der Waals surface area (Å²) in [6.45, 7) is 3.95. The van der Waals surface area contributed by atoms with Crippen molar-refractivity contribution in [3.8, 4) is 0 Å². The molecule has 0 aromatic heterocycles. The third-order valence-corrected chi connectivity index (χ3v) is 2.27. The van der Waals surface area contributed by atoms with Gasteiger partial charge in [0.05, 0.1) is 6.61 Å². The van der Waals surface area contributed by atoms with Crippen LogP contribution in [0.15, 0.2) is 12.2 Å². The van der Waals surface area contributed by atoms with E-state index >= 15 is 0 Å². The molecule has 2 atom stereocenters. The lowest BCUT2D eigenvalue weighted by atomic mass is 10.3. The van der Waals surface area contributed by atoms with E-state index in [1.165, 1.54) is 6.92 Å². The zero-order valence-corrected chi connectivity index (χ0v) is 9.23. The van der Waals surface area contributed by atoms with Gasteiger partial charge < -0.3 is 9.29 Å². The highest BCUT2D eigenvalue weighted by Crippen LogP contribution is 2.26. The quantitative estimate of drug-likeness (QED) is 0.448. The topological polar surface area (TPSA) is 63.6 Å². The van der Waals surface area contributed by atoms with E-state index in [0.29, 0.717) is 0 Å². The zero-order valence-electron chi connectivity index (χ0n) is 8.41. The minimum atomic E-state index is -4.37. The highest BCUT2D eigenvalue weighted by molar-refractivity contribution is 7.80. The van der Waals surface area contributed by atoms with Crippen molar-refractivity contribution < 1.29 is 31.5 Å². The molecule has 0 saturated heterocycles. The molecule has 1 N–H and O–H groups in total. The van der Waals surface area contributed by atoms with E-state index in [1.54, 1.807) is 0 Å². The van der Waals surface area contributed by atoms with Crippen LogP contribution in [0.5, 0.6) is 0 Å². The monoisotopic (exact) mass is 260 g/mol. The fraction of sp³-hybridized carbons (Fsp3) is 0.625. The van der Waals surface area contributed by atoms with Gasteiger partial charge in [-0.2, -0.15) is 8.78 Å². The van der Waals surface area contributed by atoms with E-state index in [-0.39, 0.29) is 5.57 Å². The number of rotatable bonds is 6. The lowest BCUT2D eigenvalue weighted by molar-refractivity contribution is -0.140. The molecule has 4 nitrogen and oxygen atoms in total. The van der Waals surface area contributed by atoms with Crippen LogP contribution in [0.4, 0.5) is 13.2 Å². The molecule has 0 heterocycles. The van der Waals surface area contributed by atoms with Crippen molar-refractivity contribution in [1.82, 2.24) is 0 Å². The molecule has 0 bridgehead atoms. The number of halogens is 3. The van der Waals surface area contributed by atoms with E-state index in [4.69, 9.17) is 4.55 Å². The third kappa shape index (κ3) is 4.31. The van der Waals surface area contributed by atoms with Crippen molar-refractivity contribution >= 4 is 17.0 Å². The maximum atomic E-state index is 12.8. The fourth-order valence-electron chi connectivity index (χ4n) is 0.656. The van der Waals surface area contributed by atoms with Crippen LogP contribution in [-0.2, 0) is 20.6 Å². The van der Waals surface area contributed by atoms with Crippen LogP contribution in [0, 0.1) is 0 Å². The molecule has 0 fully saturated rings. The van der Waals surface area contributed by atoms with Gasteiger partial charge in [0.25, 0.3) is 0 Å². The summed E-state index contributed by atoms with van der Waals surface area (Å²) in [5.74, 6) is -0.833. The first-order valence-electron chi connectivity index (χ1n) is 4.15. The van der Waals surface area contributed by atoms with E-state index in [9.17, 15) is 22.2 Å². The summed E-state index contributed by atoms with van der Waals surface area (Å²) in [4.78, 5) is 10.8. The summed E-state index contributed by atoms with van der Waals surface area (Å²) in [7, 11) is 0. The fourth-order valence-corrected chi connectivity index (χ4v) is 0.992. The average molecular weight is 260 g/mol. The summed E-state index contributed by atoms with van der Waals surface area (Å²) in [6.07, 6.45) is -3.71. The minimum Gasteiger partial charge on any atom is -0.462 e. The molecule has 0 amide bonds. The van der Waals surface area contributed by atoms with Crippen molar-refractivity contribution in [3.63, 3.8) is 0 Å². The van der Waals surface area contributed by atoms with Crippen LogP contribution in [0.25, 0.3) is 0 Å². The number of ether oxygens (including phenoxy) is 1. The Balaban J connectivity index is 4.09. The molecule has 0 aliphatic carbocycles. The summed E-state index contributed by atoms with van der Waals surface area (Å²) < 4.78 is 60.4. The molecule has 0 aliphatic rings. The zero-order chi connectivity index (χ0) is 12.9. The predicted octanol–water partition coefficient (Wildman–Crippen LogP) is 1.65. The van der Waals surface area contributed by atoms with Crippen molar-refractivity contribution in [2.75, 3.05) is 6.61 Å². The molecule has 8 heteroatoms. The summed E-state index contributed by atoms with van der Waals surface area (Å²) in [5.41, 5.74) is 0.0490. The predicted molar refractivity (Wildman–Crippen MR) is 51.0 cm³/mol. The van der Waals surface area contributed by atoms with Gasteiger partial charge in [-0.15, -0.1) is 0 Å². The second-order valence-corrected chi connectivity index (χ2v) is 4.03. The molecular weight excluding hydrogens is 249 g/mol. The first kappa shape index (κ1) is 15.1. The second-order valence-electron chi connectivity index (χ2n) is 2.98. The second kappa shape index (κ2) is 6.00. The van der Waals surface area contributed by atoms with Crippen LogP contribution in [-0.4, -0.2) is 32.8 Å². The Hall–Kier alpha value is -0.890. The molecule has 0 saturated carbocycles. The lowest BCUT2D eigenvalue weighted by Gasteiger charge is -2.16. The van der Waals surface area contributed by atoms with E-state index < -0.39 is 41.5 Å². The first-order valence-corrected chi connectivity index (χ1v) is 5.25.